The van der Waals surface area contributed by atoms with Crippen LogP contribution in [0.3, 0.4) is 0 Å². The monoisotopic (exact) mass is 363 g/mol. The van der Waals surface area contributed by atoms with Gasteiger partial charge in [0.25, 0.3) is 0 Å². The maximum Gasteiger partial charge on any atom is 2.00 e. The molecule has 18 heavy (non-hydrogen) atoms. The first-order chi connectivity index (χ1) is 6.56. The van der Waals surface area contributed by atoms with E-state index in [0.717, 1.165) is 12.4 Å². The minimum absolute atomic E-state index is 0. The number of hydrogen-bond acceptors (Lipinski definition) is 2. The number of benzene rings is 1. The third-order valence-corrected chi connectivity index (χ3v) is 2.22. The van der Waals surface area contributed by atoms with Gasteiger partial charge in [-0.25, -0.2) is 0 Å². The summed E-state index contributed by atoms with van der Waals surface area (Å²) in [4.78, 5) is 2.14. The van der Waals surface area contributed by atoms with Crippen molar-refractivity contribution in [2.45, 2.75) is 20.8 Å². The van der Waals surface area contributed by atoms with Crippen LogP contribution in [-0.4, -0.2) is 20.7 Å². The van der Waals surface area contributed by atoms with Crippen LogP contribution in [0.15, 0.2) is 12.1 Å². The Morgan fingerprint density at radius 3 is 1.72 bits per heavy atom. The Hall–Kier alpha value is 0.313. The van der Waals surface area contributed by atoms with Gasteiger partial charge in [0.2, 0.25) is 0 Å². The second-order valence-corrected chi connectivity index (χ2v) is 3.73. The molecular formula is C12H20Cl3NOZn. The molecule has 0 aliphatic rings. The Morgan fingerprint density at radius 1 is 1.06 bits per heavy atom. The summed E-state index contributed by atoms with van der Waals surface area (Å²) >= 11 is 0. The number of nitrogens with zero attached hydrogens (tertiary/aromatic N) is 1. The van der Waals surface area contributed by atoms with E-state index in [9.17, 15) is 0 Å². The first kappa shape index (κ1) is 26.8. The molecule has 0 aliphatic heterocycles. The summed E-state index contributed by atoms with van der Waals surface area (Å²) in [7, 11) is 4.13. The second kappa shape index (κ2) is 12.4. The molecule has 0 heterocycles. The zero-order valence-corrected chi connectivity index (χ0v) is 16.9. The average molecular weight is 366 g/mol. The topological polar surface area (TPSA) is 12.5 Å². The molecule has 0 unspecified atom stereocenters. The van der Waals surface area contributed by atoms with Gasteiger partial charge in [0, 0.05) is 19.8 Å². The second-order valence-electron chi connectivity index (χ2n) is 3.73. The molecule has 0 bridgehead atoms. The molecule has 0 N–H and O–H groups in total. The van der Waals surface area contributed by atoms with E-state index >= 15 is 0 Å². The first-order valence-electron chi connectivity index (χ1n) is 4.97. The van der Waals surface area contributed by atoms with Crippen LogP contribution >= 0.6 is 12.4 Å². The van der Waals surface area contributed by atoms with Crippen molar-refractivity contribution >= 4 is 18.1 Å². The Labute approximate surface area is 142 Å². The molecule has 2 nitrogen and oxygen atoms in total. The molecule has 6 heteroatoms. The number of rotatable bonds is 3. The Bertz CT molecular complexity index is 312. The van der Waals surface area contributed by atoms with Crippen molar-refractivity contribution in [2.75, 3.05) is 25.6 Å². The minimum Gasteiger partial charge on any atom is -1.00 e. The van der Waals surface area contributed by atoms with Gasteiger partial charge in [-0.15, -0.1) is 12.4 Å². The van der Waals surface area contributed by atoms with E-state index in [4.69, 9.17) is 4.74 Å². The van der Waals surface area contributed by atoms with Crippen molar-refractivity contribution in [1.29, 1.82) is 0 Å². The predicted octanol–water partition coefficient (Wildman–Crippen LogP) is -2.80. The van der Waals surface area contributed by atoms with Crippen molar-refractivity contribution in [3.63, 3.8) is 0 Å². The van der Waals surface area contributed by atoms with Gasteiger partial charge in [-0.3, -0.25) is 0 Å². The van der Waals surface area contributed by atoms with Crippen LogP contribution in [0.4, 0.5) is 5.69 Å². The molecule has 0 saturated carbocycles. The fraction of sp³-hybridized carbons (Fsp3) is 0.500. The van der Waals surface area contributed by atoms with E-state index in [1.165, 1.54) is 16.8 Å². The number of anilines is 1. The van der Waals surface area contributed by atoms with Gasteiger partial charge in [-0.05, 0) is 44.0 Å². The molecule has 1 aromatic rings. The third kappa shape index (κ3) is 7.04. The summed E-state index contributed by atoms with van der Waals surface area (Å²) in [5.41, 5.74) is 3.81. The minimum atomic E-state index is 0. The zero-order chi connectivity index (χ0) is 10.7. The normalized spacial score (nSPS) is 7.83. The number of aryl methyl sites for hydroxylation is 2. The molecule has 0 spiro atoms. The summed E-state index contributed by atoms with van der Waals surface area (Å²) in [6, 6.07) is 4.18. The summed E-state index contributed by atoms with van der Waals surface area (Å²) in [5, 5.41) is 0. The fourth-order valence-electron chi connectivity index (χ4n) is 1.87. The average Bonchev–Trinajstić information content (AvgIpc) is 2.01. The van der Waals surface area contributed by atoms with Crippen LogP contribution in [0.25, 0.3) is 0 Å². The smallest absolute Gasteiger partial charge is 1.00 e. The summed E-state index contributed by atoms with van der Waals surface area (Å²) in [6.07, 6.45) is 0. The van der Waals surface area contributed by atoms with Crippen LogP contribution in [0, 0.1) is 13.8 Å². The van der Waals surface area contributed by atoms with Gasteiger partial charge in [0.05, 0.1) is 6.61 Å². The van der Waals surface area contributed by atoms with E-state index in [-0.39, 0.29) is 56.7 Å². The van der Waals surface area contributed by atoms with Gasteiger partial charge in [0.1, 0.15) is 5.75 Å². The number of halogens is 3. The van der Waals surface area contributed by atoms with Crippen molar-refractivity contribution in [3.05, 3.63) is 23.3 Å². The van der Waals surface area contributed by atoms with E-state index < -0.39 is 0 Å². The zero-order valence-electron chi connectivity index (χ0n) is 11.6. The van der Waals surface area contributed by atoms with E-state index in [1.54, 1.807) is 0 Å². The molecular weight excluding hydrogens is 346 g/mol. The van der Waals surface area contributed by atoms with Crippen molar-refractivity contribution in [1.82, 2.24) is 0 Å². The van der Waals surface area contributed by atoms with Crippen molar-refractivity contribution in [3.8, 4) is 5.75 Å². The molecule has 0 fully saturated rings. The van der Waals surface area contributed by atoms with E-state index in [1.807, 2.05) is 6.92 Å². The molecule has 0 amide bonds. The SMILES string of the molecule is CCOc1cc(C)c(N(C)C)c(C)c1.Cl.[Cl-].[Cl-].[Zn+2]. The van der Waals surface area contributed by atoms with Gasteiger partial charge >= 0.3 is 19.5 Å². The van der Waals surface area contributed by atoms with Crippen LogP contribution in [0.2, 0.25) is 0 Å². The summed E-state index contributed by atoms with van der Waals surface area (Å²) in [5.74, 6) is 0.966. The van der Waals surface area contributed by atoms with Crippen LogP contribution < -0.4 is 34.5 Å². The third-order valence-electron chi connectivity index (χ3n) is 2.22. The molecule has 0 aromatic heterocycles. The van der Waals surface area contributed by atoms with Crippen LogP contribution in [0.1, 0.15) is 18.1 Å². The Balaban J connectivity index is -0.000000245. The quantitative estimate of drug-likeness (QED) is 0.536. The van der Waals surface area contributed by atoms with Crippen LogP contribution in [0.5, 0.6) is 5.75 Å². The van der Waals surface area contributed by atoms with Gasteiger partial charge in [-0.1, -0.05) is 0 Å². The van der Waals surface area contributed by atoms with Crippen molar-refractivity contribution in [2.24, 2.45) is 0 Å². The maximum absolute atomic E-state index is 5.48. The molecule has 0 saturated heterocycles. The number of hydrogen-bond donors (Lipinski definition) is 0. The van der Waals surface area contributed by atoms with Crippen molar-refractivity contribution < 1.29 is 49.0 Å². The van der Waals surface area contributed by atoms with Crippen LogP contribution in [-0.2, 0) is 19.5 Å². The molecule has 1 aromatic carbocycles. The van der Waals surface area contributed by atoms with Gasteiger partial charge in [-0.2, -0.15) is 0 Å². The molecule has 0 radical (unpaired) electrons. The number of ether oxygens (including phenoxy) is 1. The first-order valence-corrected chi connectivity index (χ1v) is 4.97. The largest absolute Gasteiger partial charge is 2.00 e. The molecule has 0 atom stereocenters. The standard InChI is InChI=1S/C12H19NO.3ClH.Zn/c1-6-14-11-7-9(2)12(13(4)5)10(3)8-11;;;;/h7-8H,6H2,1-5H3;3*1H;/q;;;;+2/p-2. The Morgan fingerprint density at radius 2 is 1.44 bits per heavy atom. The summed E-state index contributed by atoms with van der Waals surface area (Å²) in [6.45, 7) is 6.96. The van der Waals surface area contributed by atoms with Gasteiger partial charge in [0.15, 0.2) is 0 Å². The molecule has 0 aliphatic carbocycles. The van der Waals surface area contributed by atoms with E-state index in [0.29, 0.717) is 0 Å². The maximum atomic E-state index is 5.48. The molecule has 102 valence electrons. The predicted molar refractivity (Wildman–Crippen MR) is 68.7 cm³/mol. The fourth-order valence-corrected chi connectivity index (χ4v) is 1.87. The molecule has 1 rings (SSSR count). The summed E-state index contributed by atoms with van der Waals surface area (Å²) < 4.78 is 5.48. The van der Waals surface area contributed by atoms with E-state index in [2.05, 4.69) is 45.0 Å². The van der Waals surface area contributed by atoms with Gasteiger partial charge < -0.3 is 34.5 Å². The Kier molecular flexibility index (Phi) is 18.4.